The molecular formula is CH7BS2. The first-order valence-electron chi connectivity index (χ1n) is 0.591. The molecule has 0 radical (unpaired) electrons. The van der Waals surface area contributed by atoms with E-state index in [1.807, 2.05) is 6.26 Å². The van der Waals surface area contributed by atoms with Crippen LogP contribution in [0, 0.1) is 0 Å². The topological polar surface area (TPSA) is 0 Å². The van der Waals surface area contributed by atoms with E-state index in [2.05, 4.69) is 11.7 Å². The summed E-state index contributed by atoms with van der Waals surface area (Å²) in [5.74, 6) is 0. The molecule has 0 spiro atoms. The third-order valence-corrected chi connectivity index (χ3v) is 0. The summed E-state index contributed by atoms with van der Waals surface area (Å²) < 4.78 is 0. The molecule has 0 N–H and O–H groups in total. The molecule has 0 unspecified atom stereocenters. The van der Waals surface area contributed by atoms with Crippen LogP contribution >= 0.6 is 22.5 Å². The summed E-state index contributed by atoms with van der Waals surface area (Å²) in [5, 5.41) is 0. The number of thiol groups is 1. The van der Waals surface area contributed by atoms with Gasteiger partial charge in [0, 0.05) is 0 Å². The molecule has 0 aliphatic carbocycles. The van der Waals surface area contributed by atoms with Gasteiger partial charge < -0.3 is 0 Å². The molecule has 0 saturated carbocycles. The minimum Gasteiger partial charge on any atom is -0.112 e. The van der Waals surface area contributed by atoms with Crippen molar-refractivity contribution in [3.8, 4) is 0 Å². The van der Waals surface area contributed by atoms with Gasteiger partial charge in [-0.05, 0) is 6.26 Å². The lowest BCUT2D eigenvalue weighted by Crippen LogP contribution is -1.08. The van der Waals surface area contributed by atoms with Crippen molar-refractivity contribution < 1.29 is 0 Å². The Balaban J connectivity index is 0. The van der Waals surface area contributed by atoms with Gasteiger partial charge in [0.25, 0.3) is 0 Å². The molecule has 0 rings (SSSR count). The van der Waals surface area contributed by atoms with E-state index >= 15 is 0 Å². The Morgan fingerprint density at radius 2 is 1.75 bits per heavy atom. The molecule has 0 heterocycles. The monoisotopic (exact) mass is 94.0 g/mol. The SMILES string of the molecule is B.CSS. The van der Waals surface area contributed by atoms with Crippen molar-refractivity contribution in [3.63, 3.8) is 0 Å². The van der Waals surface area contributed by atoms with Crippen LogP contribution in [-0.2, 0) is 0 Å². The largest absolute Gasteiger partial charge is 0.112 e. The molecule has 0 aromatic rings. The predicted octanol–water partition coefficient (Wildman–Crippen LogP) is 0.0103. The second-order valence-corrected chi connectivity index (χ2v) is 1.64. The van der Waals surface area contributed by atoms with E-state index in [4.69, 9.17) is 0 Å². The quantitative estimate of drug-likeness (QED) is 0.250. The third kappa shape index (κ3) is 14.7. The van der Waals surface area contributed by atoms with E-state index in [0.29, 0.717) is 0 Å². The van der Waals surface area contributed by atoms with Gasteiger partial charge in [-0.3, -0.25) is 0 Å². The maximum Gasteiger partial charge on any atom is 0.0814 e. The van der Waals surface area contributed by atoms with Crippen LogP contribution in [0.5, 0.6) is 0 Å². The van der Waals surface area contributed by atoms with Crippen molar-refractivity contribution in [2.24, 2.45) is 0 Å². The van der Waals surface area contributed by atoms with Crippen molar-refractivity contribution in [1.29, 1.82) is 0 Å². The summed E-state index contributed by atoms with van der Waals surface area (Å²) >= 11 is 3.71. The zero-order valence-corrected chi connectivity index (χ0v) is 3.57. The van der Waals surface area contributed by atoms with Gasteiger partial charge >= 0.3 is 0 Å². The predicted molar refractivity (Wildman–Crippen MR) is 32.4 cm³/mol. The van der Waals surface area contributed by atoms with Crippen LogP contribution in [0.3, 0.4) is 0 Å². The Morgan fingerprint density at radius 3 is 1.75 bits per heavy atom. The zero-order chi connectivity index (χ0) is 2.71. The second-order valence-electron chi connectivity index (χ2n) is 0.183. The van der Waals surface area contributed by atoms with Crippen molar-refractivity contribution >= 4 is 30.9 Å². The molecule has 4 heavy (non-hydrogen) atoms. The van der Waals surface area contributed by atoms with E-state index < -0.39 is 0 Å². The molecule has 0 atom stereocenters. The van der Waals surface area contributed by atoms with E-state index in [1.54, 1.807) is 0 Å². The molecule has 0 aromatic heterocycles. The highest BCUT2D eigenvalue weighted by Gasteiger charge is 1.34. The molecule has 0 aliphatic heterocycles. The average Bonchev–Trinajstić information content (AvgIpc) is 0.918. The highest BCUT2D eigenvalue weighted by Crippen LogP contribution is 1.91. The lowest BCUT2D eigenvalue weighted by molar-refractivity contribution is 2.55. The van der Waals surface area contributed by atoms with Crippen molar-refractivity contribution in [1.82, 2.24) is 0 Å². The fraction of sp³-hybridized carbons (Fsp3) is 1.00. The molecule has 0 aromatic carbocycles. The van der Waals surface area contributed by atoms with E-state index in [9.17, 15) is 0 Å². The van der Waals surface area contributed by atoms with Crippen LogP contribution < -0.4 is 0 Å². The Morgan fingerprint density at radius 1 is 1.75 bits per heavy atom. The highest BCUT2D eigenvalue weighted by atomic mass is 33.1. The molecule has 0 amide bonds. The number of rotatable bonds is 0. The molecule has 0 aliphatic rings. The smallest absolute Gasteiger partial charge is 0.0814 e. The highest BCUT2D eigenvalue weighted by molar-refractivity contribution is 8.68. The van der Waals surface area contributed by atoms with Crippen molar-refractivity contribution in [3.05, 3.63) is 0 Å². The Hall–Kier alpha value is 0.765. The lowest BCUT2D eigenvalue weighted by Gasteiger charge is -1.50. The average molecular weight is 94.0 g/mol. The van der Waals surface area contributed by atoms with Crippen LogP contribution in [0.2, 0.25) is 0 Å². The molecule has 0 fully saturated rings. The Bertz CT molecular complexity index is 6.00. The van der Waals surface area contributed by atoms with Gasteiger partial charge in [0.2, 0.25) is 0 Å². The number of hydrogen-bond acceptors (Lipinski definition) is 2. The van der Waals surface area contributed by atoms with Crippen molar-refractivity contribution in [2.75, 3.05) is 6.26 Å². The molecule has 0 nitrogen and oxygen atoms in total. The minimum absolute atomic E-state index is 0. The first kappa shape index (κ1) is 8.83. The summed E-state index contributed by atoms with van der Waals surface area (Å²) in [6.07, 6.45) is 1.91. The van der Waals surface area contributed by atoms with Crippen LogP contribution in [-0.4, -0.2) is 14.7 Å². The van der Waals surface area contributed by atoms with E-state index in [0.717, 1.165) is 0 Å². The molecule has 26 valence electrons. The zero-order valence-electron chi connectivity index (χ0n) is 1.86. The van der Waals surface area contributed by atoms with E-state index in [-0.39, 0.29) is 8.41 Å². The van der Waals surface area contributed by atoms with Gasteiger partial charge in [0.1, 0.15) is 0 Å². The van der Waals surface area contributed by atoms with E-state index in [1.165, 1.54) is 10.8 Å². The minimum atomic E-state index is 0. The second kappa shape index (κ2) is 9.24. The standard InChI is InChI=1S/CH4S2.BH3/c1-3-2;/h2H,1H3;1H3. The van der Waals surface area contributed by atoms with Crippen LogP contribution in [0.15, 0.2) is 0 Å². The third-order valence-electron chi connectivity index (χ3n) is 0. The van der Waals surface area contributed by atoms with Crippen LogP contribution in [0.1, 0.15) is 0 Å². The Labute approximate surface area is 37.7 Å². The van der Waals surface area contributed by atoms with Crippen molar-refractivity contribution in [2.45, 2.75) is 0 Å². The lowest BCUT2D eigenvalue weighted by atomic mass is 10.8. The fourth-order valence-corrected chi connectivity index (χ4v) is 0. The molecule has 3 heteroatoms. The molecular weight excluding hydrogens is 87.0 g/mol. The van der Waals surface area contributed by atoms with Gasteiger partial charge in [-0.2, -0.15) is 0 Å². The summed E-state index contributed by atoms with van der Waals surface area (Å²) in [5.41, 5.74) is 0. The molecule has 0 bridgehead atoms. The maximum absolute atomic E-state index is 3.71. The summed E-state index contributed by atoms with van der Waals surface area (Å²) in [6.45, 7) is 0. The first-order valence-corrected chi connectivity index (χ1v) is 2.87. The van der Waals surface area contributed by atoms with Gasteiger partial charge in [-0.15, -0.1) is 22.5 Å². The van der Waals surface area contributed by atoms with Gasteiger partial charge in [0.15, 0.2) is 0 Å². The first-order chi connectivity index (χ1) is 1.41. The summed E-state index contributed by atoms with van der Waals surface area (Å²) in [7, 11) is 1.44. The summed E-state index contributed by atoms with van der Waals surface area (Å²) in [4.78, 5) is 0. The van der Waals surface area contributed by atoms with Gasteiger partial charge in [-0.25, -0.2) is 0 Å². The Kier molecular flexibility index (Phi) is 20.4. The molecule has 0 saturated heterocycles. The van der Waals surface area contributed by atoms with Crippen LogP contribution in [0.4, 0.5) is 0 Å². The normalized spacial score (nSPS) is 4.50. The number of hydrogen-bond donors (Lipinski definition) is 1. The van der Waals surface area contributed by atoms with Gasteiger partial charge in [-0.1, -0.05) is 0 Å². The van der Waals surface area contributed by atoms with Gasteiger partial charge in [0.05, 0.1) is 8.41 Å². The maximum atomic E-state index is 3.71. The summed E-state index contributed by atoms with van der Waals surface area (Å²) in [6, 6.07) is 0. The fourth-order valence-electron chi connectivity index (χ4n) is 0. The van der Waals surface area contributed by atoms with Crippen LogP contribution in [0.25, 0.3) is 0 Å².